The van der Waals surface area contributed by atoms with E-state index < -0.39 is 24.3 Å². The third-order valence-electron chi connectivity index (χ3n) is 4.68. The second kappa shape index (κ2) is 9.30. The summed E-state index contributed by atoms with van der Waals surface area (Å²) in [6, 6.07) is 17.1. The number of hydrogen-bond acceptors (Lipinski definition) is 4. The number of amides is 2. The molecule has 0 unspecified atom stereocenters. The number of hydrogen-bond donors (Lipinski definition) is 4. The molecule has 0 saturated carbocycles. The SMILES string of the molecule is O=C(Cc1ccccc1)N[C@H]1C=C[C@@H](NC(=O)Cc2ccccc2)[C@H](O)[C@@H]1O. The molecule has 3 rings (SSSR count). The van der Waals surface area contributed by atoms with Crippen molar-refractivity contribution in [1.29, 1.82) is 0 Å². The van der Waals surface area contributed by atoms with Gasteiger partial charge in [0.15, 0.2) is 0 Å². The maximum Gasteiger partial charge on any atom is 0.224 e. The van der Waals surface area contributed by atoms with Crippen LogP contribution in [0.2, 0.25) is 0 Å². The lowest BCUT2D eigenvalue weighted by molar-refractivity contribution is -0.125. The van der Waals surface area contributed by atoms with Gasteiger partial charge in [-0.25, -0.2) is 0 Å². The molecule has 28 heavy (non-hydrogen) atoms. The van der Waals surface area contributed by atoms with Gasteiger partial charge in [0.2, 0.25) is 11.8 Å². The van der Waals surface area contributed by atoms with Crippen molar-refractivity contribution in [2.24, 2.45) is 0 Å². The van der Waals surface area contributed by atoms with Gasteiger partial charge in [0, 0.05) is 0 Å². The Morgan fingerprint density at radius 2 is 1.04 bits per heavy atom. The van der Waals surface area contributed by atoms with E-state index in [9.17, 15) is 19.8 Å². The second-order valence-electron chi connectivity index (χ2n) is 6.88. The Balaban J connectivity index is 1.55. The molecule has 6 nitrogen and oxygen atoms in total. The fourth-order valence-corrected chi connectivity index (χ4v) is 3.20. The van der Waals surface area contributed by atoms with E-state index in [0.29, 0.717) is 0 Å². The lowest BCUT2D eigenvalue weighted by Crippen LogP contribution is -2.57. The second-order valence-corrected chi connectivity index (χ2v) is 6.88. The van der Waals surface area contributed by atoms with Crippen molar-refractivity contribution in [3.8, 4) is 0 Å². The lowest BCUT2D eigenvalue weighted by Gasteiger charge is -2.34. The molecule has 4 atom stereocenters. The topological polar surface area (TPSA) is 98.7 Å². The summed E-state index contributed by atoms with van der Waals surface area (Å²) in [6.45, 7) is 0. The van der Waals surface area contributed by atoms with Crippen molar-refractivity contribution >= 4 is 11.8 Å². The van der Waals surface area contributed by atoms with Crippen LogP contribution in [0, 0.1) is 0 Å². The van der Waals surface area contributed by atoms with E-state index in [1.807, 2.05) is 60.7 Å². The highest BCUT2D eigenvalue weighted by Gasteiger charge is 2.35. The first kappa shape index (κ1) is 19.8. The van der Waals surface area contributed by atoms with Crippen LogP contribution in [0.4, 0.5) is 0 Å². The Bertz CT molecular complexity index is 753. The van der Waals surface area contributed by atoms with Gasteiger partial charge in [-0.15, -0.1) is 0 Å². The van der Waals surface area contributed by atoms with Crippen LogP contribution in [0.3, 0.4) is 0 Å². The quantitative estimate of drug-likeness (QED) is 0.556. The summed E-state index contributed by atoms with van der Waals surface area (Å²) in [5.74, 6) is -0.502. The summed E-state index contributed by atoms with van der Waals surface area (Å²) >= 11 is 0. The van der Waals surface area contributed by atoms with E-state index >= 15 is 0 Å². The van der Waals surface area contributed by atoms with Crippen molar-refractivity contribution < 1.29 is 19.8 Å². The maximum atomic E-state index is 12.2. The molecular formula is C22H24N2O4. The highest BCUT2D eigenvalue weighted by atomic mass is 16.3. The predicted molar refractivity (Wildman–Crippen MR) is 105 cm³/mol. The van der Waals surface area contributed by atoms with Crippen molar-refractivity contribution in [2.75, 3.05) is 0 Å². The smallest absolute Gasteiger partial charge is 0.224 e. The van der Waals surface area contributed by atoms with Crippen LogP contribution in [-0.2, 0) is 22.4 Å². The summed E-state index contributed by atoms with van der Waals surface area (Å²) in [5.41, 5.74) is 1.72. The van der Waals surface area contributed by atoms with Gasteiger partial charge in [-0.2, -0.15) is 0 Å². The molecule has 0 aliphatic heterocycles. The molecule has 1 aliphatic carbocycles. The minimum atomic E-state index is -1.22. The van der Waals surface area contributed by atoms with E-state index in [4.69, 9.17) is 0 Å². The minimum Gasteiger partial charge on any atom is -0.388 e. The van der Waals surface area contributed by atoms with Crippen molar-refractivity contribution in [3.05, 3.63) is 83.9 Å². The van der Waals surface area contributed by atoms with Crippen LogP contribution in [0.1, 0.15) is 11.1 Å². The average Bonchev–Trinajstić information content (AvgIpc) is 2.69. The first-order valence-electron chi connectivity index (χ1n) is 9.24. The van der Waals surface area contributed by atoms with Gasteiger partial charge in [-0.05, 0) is 11.1 Å². The first-order chi connectivity index (χ1) is 13.5. The molecule has 0 fully saturated rings. The zero-order chi connectivity index (χ0) is 19.9. The van der Waals surface area contributed by atoms with Gasteiger partial charge in [0.1, 0.15) is 12.2 Å². The minimum absolute atomic E-state index is 0.186. The summed E-state index contributed by atoms with van der Waals surface area (Å²) in [6.07, 6.45) is 1.15. The Morgan fingerprint density at radius 3 is 1.39 bits per heavy atom. The molecule has 0 bridgehead atoms. The highest BCUT2D eigenvalue weighted by Crippen LogP contribution is 2.15. The van der Waals surface area contributed by atoms with E-state index in [-0.39, 0.29) is 24.7 Å². The molecule has 0 heterocycles. The summed E-state index contributed by atoms with van der Waals surface area (Å²) in [5, 5.41) is 26.1. The molecule has 4 N–H and O–H groups in total. The van der Waals surface area contributed by atoms with E-state index in [1.165, 1.54) is 0 Å². The first-order valence-corrected chi connectivity index (χ1v) is 9.24. The Hall–Kier alpha value is -2.96. The number of carbonyl (C=O) groups is 2. The fraction of sp³-hybridized carbons (Fsp3) is 0.273. The largest absolute Gasteiger partial charge is 0.388 e. The summed E-state index contributed by atoms with van der Waals surface area (Å²) in [7, 11) is 0. The van der Waals surface area contributed by atoms with Crippen molar-refractivity contribution in [2.45, 2.75) is 37.1 Å². The van der Waals surface area contributed by atoms with Gasteiger partial charge < -0.3 is 20.8 Å². The molecule has 2 aromatic rings. The highest BCUT2D eigenvalue weighted by molar-refractivity contribution is 5.80. The van der Waals surface area contributed by atoms with E-state index in [1.54, 1.807) is 12.2 Å². The van der Waals surface area contributed by atoms with E-state index in [0.717, 1.165) is 11.1 Å². The van der Waals surface area contributed by atoms with Gasteiger partial charge in [-0.3, -0.25) is 9.59 Å². The standard InChI is InChI=1S/C22H24N2O4/c25-19(13-15-7-3-1-4-8-15)23-17-11-12-18(22(28)21(17)27)24-20(26)14-16-9-5-2-6-10-16/h1-12,17-18,21-22,27-28H,13-14H2,(H,23,25)(H,24,26)/t17-,18+,21+,22-. The Morgan fingerprint density at radius 1 is 0.679 bits per heavy atom. The molecule has 2 aromatic carbocycles. The van der Waals surface area contributed by atoms with Gasteiger partial charge in [0.25, 0.3) is 0 Å². The van der Waals surface area contributed by atoms with Crippen molar-refractivity contribution in [3.63, 3.8) is 0 Å². The molecule has 0 radical (unpaired) electrons. The van der Waals surface area contributed by atoms with Crippen LogP contribution in [-0.4, -0.2) is 46.3 Å². The average molecular weight is 380 g/mol. The van der Waals surface area contributed by atoms with Crippen LogP contribution in [0.25, 0.3) is 0 Å². The number of carbonyl (C=O) groups excluding carboxylic acids is 2. The van der Waals surface area contributed by atoms with Crippen LogP contribution in [0.5, 0.6) is 0 Å². The molecule has 146 valence electrons. The molecule has 1 aliphatic rings. The number of nitrogens with one attached hydrogen (secondary N) is 2. The Kier molecular flexibility index (Phi) is 6.57. The third kappa shape index (κ3) is 5.28. The summed E-state index contributed by atoms with van der Waals surface area (Å²) in [4.78, 5) is 24.4. The van der Waals surface area contributed by atoms with Crippen LogP contribution < -0.4 is 10.6 Å². The van der Waals surface area contributed by atoms with Crippen LogP contribution in [0.15, 0.2) is 72.8 Å². The number of benzene rings is 2. The summed E-state index contributed by atoms with van der Waals surface area (Å²) < 4.78 is 0. The third-order valence-corrected chi connectivity index (χ3v) is 4.68. The molecule has 0 saturated heterocycles. The molecule has 2 amide bonds. The lowest BCUT2D eigenvalue weighted by atomic mass is 9.92. The number of aliphatic hydroxyl groups excluding tert-OH is 2. The zero-order valence-corrected chi connectivity index (χ0v) is 15.4. The molecular weight excluding hydrogens is 356 g/mol. The molecule has 0 spiro atoms. The monoisotopic (exact) mass is 380 g/mol. The Labute approximate surface area is 163 Å². The number of rotatable bonds is 6. The van der Waals surface area contributed by atoms with Gasteiger partial charge in [-0.1, -0.05) is 72.8 Å². The maximum absolute atomic E-state index is 12.2. The van der Waals surface area contributed by atoms with Crippen molar-refractivity contribution in [1.82, 2.24) is 10.6 Å². The van der Waals surface area contributed by atoms with Gasteiger partial charge >= 0.3 is 0 Å². The van der Waals surface area contributed by atoms with Crippen LogP contribution >= 0.6 is 0 Å². The van der Waals surface area contributed by atoms with E-state index in [2.05, 4.69) is 10.6 Å². The number of aliphatic hydroxyl groups is 2. The fourth-order valence-electron chi connectivity index (χ4n) is 3.20. The normalized spacial score (nSPS) is 23.8. The predicted octanol–water partition coefficient (Wildman–Crippen LogP) is 0.733. The zero-order valence-electron chi connectivity index (χ0n) is 15.4. The molecule has 0 aromatic heterocycles. The van der Waals surface area contributed by atoms with Gasteiger partial charge in [0.05, 0.1) is 24.9 Å². The molecule has 6 heteroatoms.